The van der Waals surface area contributed by atoms with Gasteiger partial charge in [0.15, 0.2) is 9.84 Å². The number of amides is 1. The number of sulfone groups is 1. The molecule has 1 fully saturated rings. The average Bonchev–Trinajstić information content (AvgIpc) is 2.74. The van der Waals surface area contributed by atoms with Crippen molar-refractivity contribution in [2.24, 2.45) is 0 Å². The molecule has 0 saturated carbocycles. The van der Waals surface area contributed by atoms with Gasteiger partial charge < -0.3 is 9.64 Å². The quantitative estimate of drug-likeness (QED) is 0.703. The number of aromatic nitrogens is 1. The van der Waals surface area contributed by atoms with Crippen LogP contribution in [0.25, 0.3) is 0 Å². The lowest BCUT2D eigenvalue weighted by Crippen LogP contribution is -2.45. The van der Waals surface area contributed by atoms with Gasteiger partial charge in [-0.25, -0.2) is 13.4 Å². The maximum atomic E-state index is 12.7. The van der Waals surface area contributed by atoms with Gasteiger partial charge in [-0.2, -0.15) is 5.26 Å². The predicted molar refractivity (Wildman–Crippen MR) is 112 cm³/mol. The second-order valence-corrected chi connectivity index (χ2v) is 10.1. The van der Waals surface area contributed by atoms with Crippen molar-refractivity contribution in [2.45, 2.75) is 49.4 Å². The van der Waals surface area contributed by atoms with E-state index in [0.29, 0.717) is 24.5 Å². The summed E-state index contributed by atoms with van der Waals surface area (Å²) in [5.41, 5.74) is 1.25. The van der Waals surface area contributed by atoms with Gasteiger partial charge in [-0.15, -0.1) is 0 Å². The van der Waals surface area contributed by atoms with E-state index in [2.05, 4.69) is 11.1 Å². The fraction of sp³-hybridized carbons (Fsp3) is 0.409. The molecule has 1 amide bonds. The molecular formula is C22H25N3O4S. The van der Waals surface area contributed by atoms with E-state index >= 15 is 0 Å². The summed E-state index contributed by atoms with van der Waals surface area (Å²) in [6, 6.07) is 11.8. The standard InChI is InChI=1S/C22H25N3O4S/c1-16(2)30(27,28)20-7-5-17(6-8-20)13-22(26)25-11-3-4-19(15-25)29-21-12-18(14-23)9-10-24-21/h5-10,12,16,19H,3-4,11,13,15H2,1-2H3/t19-/m0/s1. The zero-order valence-electron chi connectivity index (χ0n) is 17.1. The number of nitriles is 1. The largest absolute Gasteiger partial charge is 0.472 e. The Morgan fingerprint density at radius 1 is 1.30 bits per heavy atom. The molecule has 1 aromatic carbocycles. The molecule has 0 spiro atoms. The van der Waals surface area contributed by atoms with Crippen molar-refractivity contribution in [3.63, 3.8) is 0 Å². The highest BCUT2D eigenvalue weighted by molar-refractivity contribution is 7.92. The second kappa shape index (κ2) is 9.26. The summed E-state index contributed by atoms with van der Waals surface area (Å²) < 4.78 is 30.3. The number of ether oxygens (including phenoxy) is 1. The normalized spacial score (nSPS) is 16.9. The number of hydrogen-bond donors (Lipinski definition) is 0. The first kappa shape index (κ1) is 21.8. The molecule has 1 aliphatic heterocycles. The van der Waals surface area contributed by atoms with Crippen LogP contribution in [0.4, 0.5) is 0 Å². The zero-order chi connectivity index (χ0) is 21.7. The molecule has 0 unspecified atom stereocenters. The fourth-order valence-electron chi connectivity index (χ4n) is 3.33. The summed E-state index contributed by atoms with van der Waals surface area (Å²) in [7, 11) is -3.32. The van der Waals surface area contributed by atoms with E-state index in [4.69, 9.17) is 10.00 Å². The Labute approximate surface area is 177 Å². The van der Waals surface area contributed by atoms with Crippen LogP contribution < -0.4 is 4.74 Å². The summed E-state index contributed by atoms with van der Waals surface area (Å²) in [6.45, 7) is 4.41. The minimum Gasteiger partial charge on any atom is -0.472 e. The third-order valence-electron chi connectivity index (χ3n) is 5.11. The summed E-state index contributed by atoms with van der Waals surface area (Å²) in [5, 5.41) is 8.50. The van der Waals surface area contributed by atoms with Gasteiger partial charge in [0.1, 0.15) is 6.10 Å². The third-order valence-corrected chi connectivity index (χ3v) is 7.28. The topological polar surface area (TPSA) is 100 Å². The predicted octanol–water partition coefficient (Wildman–Crippen LogP) is 2.75. The molecule has 30 heavy (non-hydrogen) atoms. The van der Waals surface area contributed by atoms with Gasteiger partial charge in [-0.1, -0.05) is 12.1 Å². The van der Waals surface area contributed by atoms with Gasteiger partial charge in [0.2, 0.25) is 11.8 Å². The number of rotatable bonds is 6. The highest BCUT2D eigenvalue weighted by atomic mass is 32.2. The maximum Gasteiger partial charge on any atom is 0.227 e. The molecule has 158 valence electrons. The zero-order valence-corrected chi connectivity index (χ0v) is 17.9. The summed E-state index contributed by atoms with van der Waals surface area (Å²) >= 11 is 0. The smallest absolute Gasteiger partial charge is 0.227 e. The first-order valence-electron chi connectivity index (χ1n) is 9.93. The number of piperidine rings is 1. The number of pyridine rings is 1. The van der Waals surface area contributed by atoms with Gasteiger partial charge in [0, 0.05) is 18.8 Å². The number of nitrogens with zero attached hydrogens (tertiary/aromatic N) is 3. The summed E-state index contributed by atoms with van der Waals surface area (Å²) in [6.07, 6.45) is 3.19. The van der Waals surface area contributed by atoms with Gasteiger partial charge in [-0.3, -0.25) is 4.79 Å². The molecule has 0 aliphatic carbocycles. The fourth-order valence-corrected chi connectivity index (χ4v) is 4.39. The molecule has 0 radical (unpaired) electrons. The monoisotopic (exact) mass is 427 g/mol. The van der Waals surface area contributed by atoms with E-state index in [1.54, 1.807) is 55.1 Å². The molecule has 1 aliphatic rings. The summed E-state index contributed by atoms with van der Waals surface area (Å²) in [5.74, 6) is 0.358. The first-order chi connectivity index (χ1) is 14.3. The molecule has 7 nitrogen and oxygen atoms in total. The van der Waals surface area contributed by atoms with Crippen molar-refractivity contribution in [2.75, 3.05) is 13.1 Å². The Morgan fingerprint density at radius 2 is 2.03 bits per heavy atom. The highest BCUT2D eigenvalue weighted by Gasteiger charge is 2.25. The number of carbonyl (C=O) groups is 1. The Hall–Kier alpha value is -2.92. The molecule has 1 aromatic heterocycles. The molecule has 1 atom stereocenters. The summed E-state index contributed by atoms with van der Waals surface area (Å²) in [4.78, 5) is 18.9. The van der Waals surface area contributed by atoms with Crippen LogP contribution in [0.1, 0.15) is 37.8 Å². The minimum absolute atomic E-state index is 0.0264. The van der Waals surface area contributed by atoms with E-state index in [0.717, 1.165) is 18.4 Å². The molecule has 0 bridgehead atoms. The van der Waals surface area contributed by atoms with Crippen LogP contribution >= 0.6 is 0 Å². The Kier molecular flexibility index (Phi) is 6.73. The lowest BCUT2D eigenvalue weighted by Gasteiger charge is -2.32. The van der Waals surface area contributed by atoms with Crippen molar-refractivity contribution < 1.29 is 17.9 Å². The van der Waals surface area contributed by atoms with Gasteiger partial charge >= 0.3 is 0 Å². The Morgan fingerprint density at radius 3 is 2.70 bits per heavy atom. The van der Waals surface area contributed by atoms with Crippen molar-refractivity contribution in [1.82, 2.24) is 9.88 Å². The van der Waals surface area contributed by atoms with Crippen LogP contribution in [0, 0.1) is 11.3 Å². The van der Waals surface area contributed by atoms with Gasteiger partial charge in [-0.05, 0) is 50.5 Å². The first-order valence-corrected chi connectivity index (χ1v) is 11.5. The van der Waals surface area contributed by atoms with Crippen molar-refractivity contribution in [1.29, 1.82) is 5.26 Å². The molecule has 0 N–H and O–H groups in total. The molecular weight excluding hydrogens is 402 g/mol. The van der Waals surface area contributed by atoms with E-state index < -0.39 is 15.1 Å². The number of likely N-dealkylation sites (tertiary alicyclic amines) is 1. The van der Waals surface area contributed by atoms with E-state index in [1.807, 2.05) is 0 Å². The molecule has 2 heterocycles. The van der Waals surface area contributed by atoms with E-state index in [9.17, 15) is 13.2 Å². The number of carbonyl (C=O) groups excluding carboxylic acids is 1. The van der Waals surface area contributed by atoms with E-state index in [-0.39, 0.29) is 23.3 Å². The molecule has 1 saturated heterocycles. The Bertz CT molecular complexity index is 1040. The molecule has 8 heteroatoms. The number of benzene rings is 1. The van der Waals surface area contributed by atoms with Crippen LogP contribution in [0.5, 0.6) is 5.88 Å². The lowest BCUT2D eigenvalue weighted by molar-refractivity contribution is -0.133. The number of hydrogen-bond acceptors (Lipinski definition) is 6. The molecule has 3 rings (SSSR count). The SMILES string of the molecule is CC(C)S(=O)(=O)c1ccc(CC(=O)N2CCC[C@H](Oc3cc(C#N)ccn3)C2)cc1. The average molecular weight is 428 g/mol. The van der Waals surface area contributed by atoms with Crippen molar-refractivity contribution in [3.05, 3.63) is 53.7 Å². The maximum absolute atomic E-state index is 12.7. The second-order valence-electron chi connectivity index (χ2n) is 7.63. The van der Waals surface area contributed by atoms with Crippen LogP contribution in [0.2, 0.25) is 0 Å². The lowest BCUT2D eigenvalue weighted by atomic mass is 10.1. The van der Waals surface area contributed by atoms with Crippen LogP contribution in [-0.4, -0.2) is 48.7 Å². The van der Waals surface area contributed by atoms with Crippen LogP contribution in [0.15, 0.2) is 47.5 Å². The highest BCUT2D eigenvalue weighted by Crippen LogP contribution is 2.20. The van der Waals surface area contributed by atoms with Crippen LogP contribution in [-0.2, 0) is 21.1 Å². The van der Waals surface area contributed by atoms with Gasteiger partial charge in [0.25, 0.3) is 0 Å². The molecule has 2 aromatic rings. The third kappa shape index (κ3) is 5.16. The van der Waals surface area contributed by atoms with Crippen molar-refractivity contribution >= 4 is 15.7 Å². The van der Waals surface area contributed by atoms with E-state index in [1.165, 1.54) is 6.20 Å². The Balaban J connectivity index is 1.60. The van der Waals surface area contributed by atoms with Crippen molar-refractivity contribution in [3.8, 4) is 11.9 Å². The van der Waals surface area contributed by atoms with Crippen LogP contribution in [0.3, 0.4) is 0 Å². The van der Waals surface area contributed by atoms with Gasteiger partial charge in [0.05, 0.1) is 34.7 Å². The minimum atomic E-state index is -3.32.